The second kappa shape index (κ2) is 6.41. The molecule has 0 unspecified atom stereocenters. The molecule has 124 valence electrons. The Morgan fingerprint density at radius 2 is 1.80 bits per heavy atom. The number of hydrogen-bond donors (Lipinski definition) is 0. The Kier molecular flexibility index (Phi) is 3.95. The summed E-state index contributed by atoms with van der Waals surface area (Å²) >= 11 is 5.82. The van der Waals surface area contributed by atoms with Crippen LogP contribution in [0.4, 0.5) is 0 Å². The lowest BCUT2D eigenvalue weighted by Gasteiger charge is -2.02. The minimum atomic E-state index is -0.535. The van der Waals surface area contributed by atoms with E-state index >= 15 is 0 Å². The fourth-order valence-corrected chi connectivity index (χ4v) is 2.43. The molecule has 2 aromatic heterocycles. The zero-order valence-corrected chi connectivity index (χ0v) is 13.6. The molecule has 6 nitrogen and oxygen atoms in total. The minimum Gasteiger partial charge on any atom is -0.484 e. The molecule has 0 aliphatic carbocycles. The summed E-state index contributed by atoms with van der Waals surface area (Å²) in [4.78, 5) is 12.1. The van der Waals surface area contributed by atoms with Gasteiger partial charge in [0.15, 0.2) is 6.61 Å². The molecular formula is C18H11ClN2O4. The Hall–Kier alpha value is -3.12. The van der Waals surface area contributed by atoms with Gasteiger partial charge in [-0.25, -0.2) is 4.79 Å². The smallest absolute Gasteiger partial charge is 0.349 e. The van der Waals surface area contributed by atoms with Gasteiger partial charge in [-0.1, -0.05) is 29.8 Å². The van der Waals surface area contributed by atoms with Crippen LogP contribution in [0.5, 0.6) is 5.75 Å². The number of hydrogen-bond acceptors (Lipinski definition) is 6. The molecule has 0 amide bonds. The van der Waals surface area contributed by atoms with Crippen molar-refractivity contribution in [3.63, 3.8) is 0 Å². The van der Waals surface area contributed by atoms with Gasteiger partial charge < -0.3 is 13.6 Å². The van der Waals surface area contributed by atoms with Crippen LogP contribution in [0.25, 0.3) is 22.4 Å². The van der Waals surface area contributed by atoms with Crippen LogP contribution >= 0.6 is 11.6 Å². The second-order valence-corrected chi connectivity index (χ2v) is 5.67. The summed E-state index contributed by atoms with van der Waals surface area (Å²) in [6, 6.07) is 15.8. The molecule has 0 aliphatic rings. The summed E-state index contributed by atoms with van der Waals surface area (Å²) in [6.45, 7) is 0.0769. The van der Waals surface area contributed by atoms with Crippen LogP contribution in [0.3, 0.4) is 0 Å². The number of halogens is 1. The van der Waals surface area contributed by atoms with Crippen molar-refractivity contribution in [1.29, 1.82) is 0 Å². The van der Waals surface area contributed by atoms with Crippen LogP contribution in [-0.2, 0) is 6.61 Å². The van der Waals surface area contributed by atoms with E-state index in [-0.39, 0.29) is 24.0 Å². The van der Waals surface area contributed by atoms with Gasteiger partial charge in [0.1, 0.15) is 16.9 Å². The predicted molar refractivity (Wildman–Crippen MR) is 91.6 cm³/mol. The standard InChI is InChI=1S/C18H11ClN2O4/c19-12-5-7-13(8-6-12)23-10-16-20-21-17(25-16)14-9-11-3-1-2-4-15(11)24-18(14)22/h1-9H,10H2. The van der Waals surface area contributed by atoms with E-state index in [1.807, 2.05) is 12.1 Å². The first-order chi connectivity index (χ1) is 12.2. The molecule has 0 radical (unpaired) electrons. The van der Waals surface area contributed by atoms with Crippen molar-refractivity contribution < 1.29 is 13.6 Å². The lowest BCUT2D eigenvalue weighted by atomic mass is 10.2. The molecule has 0 N–H and O–H groups in total. The molecule has 0 aliphatic heterocycles. The maximum atomic E-state index is 12.1. The van der Waals surface area contributed by atoms with E-state index in [1.165, 1.54) is 0 Å². The van der Waals surface area contributed by atoms with E-state index in [4.69, 9.17) is 25.2 Å². The largest absolute Gasteiger partial charge is 0.484 e. The lowest BCUT2D eigenvalue weighted by Crippen LogP contribution is -2.02. The lowest BCUT2D eigenvalue weighted by molar-refractivity contribution is 0.264. The molecule has 0 fully saturated rings. The van der Waals surface area contributed by atoms with Gasteiger partial charge >= 0.3 is 5.63 Å². The third-order valence-electron chi connectivity index (χ3n) is 3.51. The fourth-order valence-electron chi connectivity index (χ4n) is 2.31. The molecule has 0 bridgehead atoms. The highest BCUT2D eigenvalue weighted by molar-refractivity contribution is 6.30. The van der Waals surface area contributed by atoms with Gasteiger partial charge in [0.25, 0.3) is 11.8 Å². The summed E-state index contributed by atoms with van der Waals surface area (Å²) in [5, 5.41) is 9.19. The van der Waals surface area contributed by atoms with Crippen molar-refractivity contribution in [2.75, 3.05) is 0 Å². The zero-order valence-electron chi connectivity index (χ0n) is 12.8. The number of ether oxygens (including phenoxy) is 1. The summed E-state index contributed by atoms with van der Waals surface area (Å²) < 4.78 is 16.3. The normalized spacial score (nSPS) is 10.9. The molecule has 4 rings (SSSR count). The van der Waals surface area contributed by atoms with Crippen molar-refractivity contribution in [2.24, 2.45) is 0 Å². The topological polar surface area (TPSA) is 78.4 Å². The average Bonchev–Trinajstić information content (AvgIpc) is 3.09. The molecule has 7 heteroatoms. The van der Waals surface area contributed by atoms with E-state index in [0.717, 1.165) is 5.39 Å². The first kappa shape index (κ1) is 15.4. The van der Waals surface area contributed by atoms with Crippen LogP contribution in [0, 0.1) is 0 Å². The van der Waals surface area contributed by atoms with Crippen LogP contribution < -0.4 is 10.4 Å². The summed E-state index contributed by atoms with van der Waals surface area (Å²) in [5.74, 6) is 0.959. The van der Waals surface area contributed by atoms with E-state index in [9.17, 15) is 4.79 Å². The van der Waals surface area contributed by atoms with Crippen LogP contribution in [0.2, 0.25) is 5.02 Å². The molecule has 0 saturated carbocycles. The molecule has 0 saturated heterocycles. The maximum Gasteiger partial charge on any atom is 0.349 e. The molecule has 0 spiro atoms. The molecule has 4 aromatic rings. The van der Waals surface area contributed by atoms with Crippen molar-refractivity contribution in [2.45, 2.75) is 6.61 Å². The third-order valence-corrected chi connectivity index (χ3v) is 3.77. The monoisotopic (exact) mass is 354 g/mol. The first-order valence-corrected chi connectivity index (χ1v) is 7.81. The minimum absolute atomic E-state index is 0.0769. The molecule has 0 atom stereocenters. The average molecular weight is 355 g/mol. The summed E-state index contributed by atoms with van der Waals surface area (Å²) in [6.07, 6.45) is 0. The highest BCUT2D eigenvalue weighted by Gasteiger charge is 2.15. The number of aromatic nitrogens is 2. The number of rotatable bonds is 4. The summed E-state index contributed by atoms with van der Waals surface area (Å²) in [7, 11) is 0. The predicted octanol–water partition coefficient (Wildman–Crippen LogP) is 4.08. The Bertz CT molecular complexity index is 1090. The van der Waals surface area contributed by atoms with E-state index in [0.29, 0.717) is 16.4 Å². The van der Waals surface area contributed by atoms with Gasteiger partial charge in [0, 0.05) is 10.4 Å². The van der Waals surface area contributed by atoms with Gasteiger partial charge in [-0.05, 0) is 36.4 Å². The van der Waals surface area contributed by atoms with E-state index in [2.05, 4.69) is 10.2 Å². The van der Waals surface area contributed by atoms with Crippen LogP contribution in [0.1, 0.15) is 5.89 Å². The van der Waals surface area contributed by atoms with Gasteiger partial charge in [-0.2, -0.15) is 0 Å². The van der Waals surface area contributed by atoms with E-state index in [1.54, 1.807) is 42.5 Å². The Morgan fingerprint density at radius 1 is 1.00 bits per heavy atom. The number of nitrogens with zero attached hydrogens (tertiary/aromatic N) is 2. The van der Waals surface area contributed by atoms with Crippen LogP contribution in [0.15, 0.2) is 68.2 Å². The number of para-hydroxylation sites is 1. The Balaban J connectivity index is 1.57. The molecule has 2 heterocycles. The Morgan fingerprint density at radius 3 is 2.64 bits per heavy atom. The van der Waals surface area contributed by atoms with Gasteiger partial charge in [0.05, 0.1) is 0 Å². The van der Waals surface area contributed by atoms with Gasteiger partial charge in [-0.3, -0.25) is 0 Å². The number of benzene rings is 2. The van der Waals surface area contributed by atoms with Crippen molar-refractivity contribution in [1.82, 2.24) is 10.2 Å². The number of fused-ring (bicyclic) bond motifs is 1. The van der Waals surface area contributed by atoms with Gasteiger partial charge in [0.2, 0.25) is 0 Å². The highest BCUT2D eigenvalue weighted by Crippen LogP contribution is 2.21. The van der Waals surface area contributed by atoms with Crippen molar-refractivity contribution >= 4 is 22.6 Å². The van der Waals surface area contributed by atoms with Crippen LogP contribution in [-0.4, -0.2) is 10.2 Å². The van der Waals surface area contributed by atoms with Crippen molar-refractivity contribution in [3.8, 4) is 17.2 Å². The maximum absolute atomic E-state index is 12.1. The molecule has 25 heavy (non-hydrogen) atoms. The molecule has 2 aromatic carbocycles. The van der Waals surface area contributed by atoms with Crippen molar-refractivity contribution in [3.05, 3.63) is 75.9 Å². The highest BCUT2D eigenvalue weighted by atomic mass is 35.5. The SMILES string of the molecule is O=c1oc2ccccc2cc1-c1nnc(COc2ccc(Cl)cc2)o1. The van der Waals surface area contributed by atoms with Gasteiger partial charge in [-0.15, -0.1) is 10.2 Å². The first-order valence-electron chi connectivity index (χ1n) is 7.43. The second-order valence-electron chi connectivity index (χ2n) is 5.23. The third kappa shape index (κ3) is 3.25. The fraction of sp³-hybridized carbons (Fsp3) is 0.0556. The summed E-state index contributed by atoms with van der Waals surface area (Å²) in [5.41, 5.74) is 0.179. The Labute approximate surface area is 146 Å². The van der Waals surface area contributed by atoms with E-state index < -0.39 is 5.63 Å². The molecular weight excluding hydrogens is 344 g/mol. The quantitative estimate of drug-likeness (QED) is 0.514. The zero-order chi connectivity index (χ0) is 17.2.